The molecule has 0 radical (unpaired) electrons. The lowest BCUT2D eigenvalue weighted by Gasteiger charge is -1.94. The Morgan fingerprint density at radius 2 is 1.25 bits per heavy atom. The molecule has 0 spiro atoms. The third-order valence-corrected chi connectivity index (χ3v) is 2.15. The fourth-order valence-electron chi connectivity index (χ4n) is 0.639. The van der Waals surface area contributed by atoms with Crippen LogP contribution in [0.5, 0.6) is 0 Å². The molecule has 4 nitrogen and oxygen atoms in total. The lowest BCUT2D eigenvalue weighted by Crippen LogP contribution is -2.01. The highest BCUT2D eigenvalue weighted by molar-refractivity contribution is 9.09. The number of carbonyl (C=O) groups is 2. The molecular formula is C15H27BrCl4O4. The molecule has 0 aromatic rings. The first-order valence-corrected chi connectivity index (χ1v) is 8.35. The molecular weight excluding hydrogens is 466 g/mol. The normalized spacial score (nSPS) is 10.4. The number of esters is 2. The summed E-state index contributed by atoms with van der Waals surface area (Å²) in [5.41, 5.74) is 1.28. The Morgan fingerprint density at radius 3 is 1.42 bits per heavy atom. The minimum atomic E-state index is -1.61. The van der Waals surface area contributed by atoms with Gasteiger partial charge >= 0.3 is 11.9 Å². The van der Waals surface area contributed by atoms with Crippen LogP contribution < -0.4 is 0 Å². The molecule has 0 unspecified atom stereocenters. The maximum atomic E-state index is 10.6. The van der Waals surface area contributed by atoms with Crippen LogP contribution in [0.4, 0.5) is 0 Å². The van der Waals surface area contributed by atoms with Gasteiger partial charge in [0.25, 0.3) is 3.25 Å². The van der Waals surface area contributed by atoms with Gasteiger partial charge in [-0.1, -0.05) is 89.3 Å². The van der Waals surface area contributed by atoms with Crippen LogP contribution in [0.25, 0.3) is 0 Å². The molecule has 9 heteroatoms. The number of methoxy groups -OCH3 is 2. The van der Waals surface area contributed by atoms with E-state index in [-0.39, 0.29) is 26.8 Å². The monoisotopic (exact) mass is 490 g/mol. The molecule has 0 saturated heterocycles. The van der Waals surface area contributed by atoms with Gasteiger partial charge in [0.15, 0.2) is 0 Å². The zero-order valence-electron chi connectivity index (χ0n) is 12.9. The first kappa shape index (κ1) is 35.2. The molecule has 0 N–H and O–H groups in total. The van der Waals surface area contributed by atoms with Gasteiger partial charge in [0.2, 0.25) is 0 Å². The van der Waals surface area contributed by atoms with Gasteiger partial charge in [-0.05, 0) is 20.8 Å². The number of hydrogen-bond acceptors (Lipinski definition) is 4. The average molecular weight is 493 g/mol. The Kier molecular flexibility index (Phi) is 31.0. The smallest absolute Gasteiger partial charge is 0.333 e. The van der Waals surface area contributed by atoms with Gasteiger partial charge in [-0.15, -0.1) is 0 Å². The van der Waals surface area contributed by atoms with Crippen molar-refractivity contribution in [3.63, 3.8) is 0 Å². The second-order valence-electron chi connectivity index (χ2n) is 3.42. The first-order chi connectivity index (χ1) is 9.94. The molecule has 0 aliphatic rings. The zero-order valence-corrected chi connectivity index (χ0v) is 17.5. The van der Waals surface area contributed by atoms with Crippen LogP contribution in [-0.2, 0) is 19.1 Å². The molecule has 0 aliphatic carbocycles. The van der Waals surface area contributed by atoms with Crippen molar-refractivity contribution in [2.75, 3.05) is 19.5 Å². The number of allylic oxidation sites excluding steroid dienone is 2. The highest BCUT2D eigenvalue weighted by Gasteiger charge is 2.11. The second-order valence-corrected chi connectivity index (χ2v) is 7.50. The number of halogens is 5. The topological polar surface area (TPSA) is 52.6 Å². The Labute approximate surface area is 174 Å². The number of alkyl halides is 5. The third-order valence-electron chi connectivity index (χ3n) is 1.83. The summed E-state index contributed by atoms with van der Waals surface area (Å²) < 4.78 is 7.22. The molecule has 0 aromatic heterocycles. The molecule has 0 atom stereocenters. The largest absolute Gasteiger partial charge is 0.466 e. The summed E-state index contributed by atoms with van der Waals surface area (Å²) in [5, 5.41) is 0.688. The molecule has 24 heavy (non-hydrogen) atoms. The summed E-state index contributed by atoms with van der Waals surface area (Å²) >= 11 is 22.5. The molecule has 0 bridgehead atoms. The first-order valence-electron chi connectivity index (χ1n) is 5.72. The minimum absolute atomic E-state index is 0. The number of rotatable bonds is 3. The minimum Gasteiger partial charge on any atom is -0.466 e. The van der Waals surface area contributed by atoms with E-state index in [9.17, 15) is 9.59 Å². The SMILES string of the molecule is C.C.C/C=C(\C)C(=O)OC.COC(=O)/C(C)=C/CBr.ClC(Cl)(Cl)Cl. The fraction of sp³-hybridized carbons (Fsp3) is 0.600. The summed E-state index contributed by atoms with van der Waals surface area (Å²) in [6, 6.07) is 0. The van der Waals surface area contributed by atoms with Gasteiger partial charge in [0.05, 0.1) is 14.2 Å². The summed E-state index contributed by atoms with van der Waals surface area (Å²) in [6.45, 7) is 5.23. The maximum absolute atomic E-state index is 10.6. The van der Waals surface area contributed by atoms with Crippen molar-refractivity contribution in [3.05, 3.63) is 23.3 Å². The van der Waals surface area contributed by atoms with Crippen LogP contribution in [0.1, 0.15) is 35.6 Å². The van der Waals surface area contributed by atoms with Crippen molar-refractivity contribution in [2.24, 2.45) is 0 Å². The van der Waals surface area contributed by atoms with Gasteiger partial charge in [-0.3, -0.25) is 0 Å². The van der Waals surface area contributed by atoms with Gasteiger partial charge < -0.3 is 9.47 Å². The zero-order chi connectivity index (χ0) is 18.3. The summed E-state index contributed by atoms with van der Waals surface area (Å²) in [5.74, 6) is -0.526. The van der Waals surface area contributed by atoms with E-state index in [1.54, 1.807) is 32.9 Å². The standard InChI is InChI=1S/C6H9BrO2.C6H10O2.CCl4.2CH4/c1-5(3-4-7)6(8)9-2;1-4-5(2)6(7)8-3;2-1(3,4)5;;/h3H,4H2,1-2H3;4H,1-3H3;;2*1H4/b5-3+;5-4+;;;. The van der Waals surface area contributed by atoms with E-state index in [0.717, 1.165) is 0 Å². The number of hydrogen-bond donors (Lipinski definition) is 0. The van der Waals surface area contributed by atoms with E-state index >= 15 is 0 Å². The lowest BCUT2D eigenvalue weighted by molar-refractivity contribution is -0.136. The van der Waals surface area contributed by atoms with Gasteiger partial charge in [-0.25, -0.2) is 9.59 Å². The summed E-state index contributed by atoms with van der Waals surface area (Å²) in [4.78, 5) is 21.0. The van der Waals surface area contributed by atoms with Crippen molar-refractivity contribution in [3.8, 4) is 0 Å². The van der Waals surface area contributed by atoms with Gasteiger partial charge in [-0.2, -0.15) is 0 Å². The highest BCUT2D eigenvalue weighted by Crippen LogP contribution is 2.29. The summed E-state index contributed by atoms with van der Waals surface area (Å²) in [6.07, 6.45) is 3.47. The Morgan fingerprint density at radius 1 is 0.958 bits per heavy atom. The molecule has 0 heterocycles. The van der Waals surface area contributed by atoms with Crippen LogP contribution in [0.15, 0.2) is 23.3 Å². The highest BCUT2D eigenvalue weighted by atomic mass is 79.9. The Bertz CT molecular complexity index is 385. The van der Waals surface area contributed by atoms with E-state index < -0.39 is 3.25 Å². The van der Waals surface area contributed by atoms with Gasteiger partial charge in [0, 0.05) is 16.5 Å². The molecule has 0 amide bonds. The second kappa shape index (κ2) is 21.1. The van der Waals surface area contributed by atoms with Crippen molar-refractivity contribution in [2.45, 2.75) is 38.9 Å². The van der Waals surface area contributed by atoms with E-state index in [4.69, 9.17) is 46.4 Å². The van der Waals surface area contributed by atoms with Crippen LogP contribution in [0, 0.1) is 0 Å². The van der Waals surface area contributed by atoms with Crippen LogP contribution in [-0.4, -0.2) is 34.7 Å². The summed E-state index contributed by atoms with van der Waals surface area (Å²) in [7, 11) is 2.74. The lowest BCUT2D eigenvalue weighted by atomic mass is 10.3. The van der Waals surface area contributed by atoms with Crippen LogP contribution >= 0.6 is 62.3 Å². The molecule has 0 rings (SSSR count). The molecule has 146 valence electrons. The predicted molar refractivity (Wildman–Crippen MR) is 111 cm³/mol. The third kappa shape index (κ3) is 33.6. The predicted octanol–water partition coefficient (Wildman–Crippen LogP) is 6.45. The van der Waals surface area contributed by atoms with Crippen molar-refractivity contribution in [1.29, 1.82) is 0 Å². The van der Waals surface area contributed by atoms with Crippen molar-refractivity contribution in [1.82, 2.24) is 0 Å². The van der Waals surface area contributed by atoms with E-state index in [2.05, 4.69) is 25.4 Å². The number of carbonyl (C=O) groups excluding carboxylic acids is 2. The molecule has 0 saturated carbocycles. The molecule has 0 fully saturated rings. The average Bonchev–Trinajstić information content (AvgIpc) is 2.43. The van der Waals surface area contributed by atoms with E-state index in [0.29, 0.717) is 16.5 Å². The van der Waals surface area contributed by atoms with Crippen molar-refractivity contribution < 1.29 is 19.1 Å². The number of ether oxygens (including phenoxy) is 2. The quantitative estimate of drug-likeness (QED) is 0.258. The molecule has 0 aliphatic heterocycles. The van der Waals surface area contributed by atoms with Crippen molar-refractivity contribution >= 4 is 74.3 Å². The van der Waals surface area contributed by atoms with E-state index in [1.165, 1.54) is 14.2 Å². The Hall–Kier alpha value is 0.0600. The Balaban J connectivity index is -0.0000000748. The molecule has 0 aromatic carbocycles. The van der Waals surface area contributed by atoms with Crippen LogP contribution in [0.3, 0.4) is 0 Å². The van der Waals surface area contributed by atoms with Crippen LogP contribution in [0.2, 0.25) is 0 Å². The maximum Gasteiger partial charge on any atom is 0.333 e. The fourth-order valence-corrected chi connectivity index (χ4v) is 1.12. The van der Waals surface area contributed by atoms with E-state index in [1.807, 2.05) is 0 Å². The van der Waals surface area contributed by atoms with Gasteiger partial charge in [0.1, 0.15) is 0 Å².